The van der Waals surface area contributed by atoms with Crippen LogP contribution in [-0.2, 0) is 11.3 Å². The molecule has 0 spiro atoms. The van der Waals surface area contributed by atoms with E-state index in [1.165, 1.54) is 0 Å². The zero-order valence-corrected chi connectivity index (χ0v) is 11.4. The third kappa shape index (κ3) is 3.21. The van der Waals surface area contributed by atoms with Gasteiger partial charge < -0.3 is 14.6 Å². The highest BCUT2D eigenvalue weighted by molar-refractivity contribution is 9.10. The fraction of sp³-hybridized carbons (Fsp3) is 0.538. The molecule has 0 aromatic heterocycles. The number of hydrogen-bond acceptors (Lipinski definition) is 3. The molecule has 1 fully saturated rings. The van der Waals surface area contributed by atoms with Crippen LogP contribution in [0.2, 0.25) is 0 Å². The molecule has 3 nitrogen and oxygen atoms in total. The van der Waals surface area contributed by atoms with Crippen LogP contribution >= 0.6 is 15.9 Å². The predicted molar refractivity (Wildman–Crippen MR) is 69.1 cm³/mol. The van der Waals surface area contributed by atoms with E-state index >= 15 is 0 Å². The zero-order valence-electron chi connectivity index (χ0n) is 9.86. The van der Waals surface area contributed by atoms with Crippen molar-refractivity contribution < 1.29 is 14.6 Å². The molecule has 0 bridgehead atoms. The van der Waals surface area contributed by atoms with E-state index in [4.69, 9.17) is 9.47 Å². The van der Waals surface area contributed by atoms with Crippen molar-refractivity contribution in [1.82, 2.24) is 0 Å². The van der Waals surface area contributed by atoms with Crippen LogP contribution in [0.5, 0.6) is 5.75 Å². The van der Waals surface area contributed by atoms with Crippen LogP contribution in [0.3, 0.4) is 0 Å². The number of halogens is 1. The second-order valence-electron chi connectivity index (χ2n) is 4.34. The van der Waals surface area contributed by atoms with Crippen LogP contribution in [0.4, 0.5) is 0 Å². The Kier molecular flexibility index (Phi) is 4.42. The summed E-state index contributed by atoms with van der Waals surface area (Å²) in [5.41, 5.74) is 0.797. The Labute approximate surface area is 110 Å². The second kappa shape index (κ2) is 5.85. The van der Waals surface area contributed by atoms with E-state index in [0.717, 1.165) is 28.6 Å². The Morgan fingerprint density at radius 2 is 2.29 bits per heavy atom. The van der Waals surface area contributed by atoms with Gasteiger partial charge in [-0.25, -0.2) is 0 Å². The largest absolute Gasteiger partial charge is 0.489 e. The Balaban J connectivity index is 1.98. The smallest absolute Gasteiger partial charge is 0.139 e. The molecule has 1 aliphatic rings. The average molecular weight is 301 g/mol. The van der Waals surface area contributed by atoms with Crippen LogP contribution in [0.25, 0.3) is 0 Å². The molecule has 17 heavy (non-hydrogen) atoms. The van der Waals surface area contributed by atoms with Gasteiger partial charge in [0.1, 0.15) is 12.4 Å². The van der Waals surface area contributed by atoms with Crippen LogP contribution < -0.4 is 4.74 Å². The third-order valence-electron chi connectivity index (χ3n) is 2.95. The summed E-state index contributed by atoms with van der Waals surface area (Å²) in [5, 5.41) is 9.24. The Bertz CT molecular complexity index is 381. The maximum absolute atomic E-state index is 9.24. The molecule has 94 valence electrons. The van der Waals surface area contributed by atoms with Gasteiger partial charge >= 0.3 is 0 Å². The first-order chi connectivity index (χ1) is 8.20. The van der Waals surface area contributed by atoms with Gasteiger partial charge in [0.15, 0.2) is 0 Å². The lowest BCUT2D eigenvalue weighted by Gasteiger charge is -2.15. The lowest BCUT2D eigenvalue weighted by Crippen LogP contribution is -2.18. The highest BCUT2D eigenvalue weighted by Gasteiger charge is 2.22. The molecule has 2 unspecified atom stereocenters. The van der Waals surface area contributed by atoms with E-state index < -0.39 is 0 Å². The Morgan fingerprint density at radius 1 is 1.47 bits per heavy atom. The standard InChI is InChI=1S/C13H17BrO3/c1-9-5-6-11(17-9)8-16-13-10(7-15)3-2-4-12(13)14/h2-4,9,11,15H,5-8H2,1H3. The molecule has 4 heteroatoms. The number of aliphatic hydroxyl groups is 1. The maximum Gasteiger partial charge on any atom is 0.139 e. The molecular weight excluding hydrogens is 284 g/mol. The number of ether oxygens (including phenoxy) is 2. The molecule has 0 aliphatic carbocycles. The van der Waals surface area contributed by atoms with Crippen LogP contribution in [-0.4, -0.2) is 23.9 Å². The van der Waals surface area contributed by atoms with E-state index in [1.807, 2.05) is 18.2 Å². The summed E-state index contributed by atoms with van der Waals surface area (Å²) in [4.78, 5) is 0. The third-order valence-corrected chi connectivity index (χ3v) is 3.58. The molecule has 2 rings (SSSR count). The van der Waals surface area contributed by atoms with Gasteiger partial charge in [0.2, 0.25) is 0 Å². The van der Waals surface area contributed by atoms with Crippen LogP contribution in [0.1, 0.15) is 25.3 Å². The molecule has 2 atom stereocenters. The van der Waals surface area contributed by atoms with E-state index in [0.29, 0.717) is 12.7 Å². The number of rotatable bonds is 4. The lowest BCUT2D eigenvalue weighted by molar-refractivity contribution is 0.0258. The van der Waals surface area contributed by atoms with E-state index in [1.54, 1.807) is 0 Å². The van der Waals surface area contributed by atoms with Gasteiger partial charge in [-0.05, 0) is 41.8 Å². The molecular formula is C13H17BrO3. The monoisotopic (exact) mass is 300 g/mol. The van der Waals surface area contributed by atoms with E-state index in [-0.39, 0.29) is 12.7 Å². The van der Waals surface area contributed by atoms with Crippen molar-refractivity contribution >= 4 is 15.9 Å². The van der Waals surface area contributed by atoms with Gasteiger partial charge in [-0.2, -0.15) is 0 Å². The quantitative estimate of drug-likeness (QED) is 0.929. The molecule has 0 radical (unpaired) electrons. The van der Waals surface area contributed by atoms with Crippen molar-refractivity contribution in [3.63, 3.8) is 0 Å². The first-order valence-electron chi connectivity index (χ1n) is 5.87. The molecule has 1 saturated heterocycles. The SMILES string of the molecule is CC1CCC(COc2c(Br)cccc2CO)O1. The molecule has 0 saturated carbocycles. The number of aliphatic hydroxyl groups excluding tert-OH is 1. The number of hydrogen-bond donors (Lipinski definition) is 1. The maximum atomic E-state index is 9.24. The molecule has 1 aromatic carbocycles. The minimum Gasteiger partial charge on any atom is -0.489 e. The summed E-state index contributed by atoms with van der Waals surface area (Å²) in [6.45, 7) is 2.61. The summed E-state index contributed by atoms with van der Waals surface area (Å²) < 4.78 is 12.3. The molecule has 1 aromatic rings. The van der Waals surface area contributed by atoms with Crippen LogP contribution in [0.15, 0.2) is 22.7 Å². The topological polar surface area (TPSA) is 38.7 Å². The molecule has 1 heterocycles. The fourth-order valence-corrected chi connectivity index (χ4v) is 2.55. The van der Waals surface area contributed by atoms with Gasteiger partial charge in [0.05, 0.1) is 23.3 Å². The van der Waals surface area contributed by atoms with Gasteiger partial charge in [0.25, 0.3) is 0 Å². The van der Waals surface area contributed by atoms with Crippen LogP contribution in [0, 0.1) is 0 Å². The highest BCUT2D eigenvalue weighted by Crippen LogP contribution is 2.30. The van der Waals surface area contributed by atoms with Crippen molar-refractivity contribution in [3.8, 4) is 5.75 Å². The van der Waals surface area contributed by atoms with Gasteiger partial charge in [-0.1, -0.05) is 12.1 Å². The van der Waals surface area contributed by atoms with E-state index in [2.05, 4.69) is 22.9 Å². The Hall–Kier alpha value is -0.580. The predicted octanol–water partition coefficient (Wildman–Crippen LogP) is 2.89. The summed E-state index contributed by atoms with van der Waals surface area (Å²) in [6.07, 6.45) is 2.64. The summed E-state index contributed by atoms with van der Waals surface area (Å²) in [7, 11) is 0. The minimum atomic E-state index is -0.0172. The van der Waals surface area contributed by atoms with Crippen molar-refractivity contribution in [3.05, 3.63) is 28.2 Å². The summed E-state index contributed by atoms with van der Waals surface area (Å²) in [5.74, 6) is 0.721. The average Bonchev–Trinajstić information content (AvgIpc) is 2.73. The second-order valence-corrected chi connectivity index (χ2v) is 5.20. The first kappa shape index (κ1) is 12.9. The first-order valence-corrected chi connectivity index (χ1v) is 6.66. The van der Waals surface area contributed by atoms with Gasteiger partial charge in [0, 0.05) is 5.56 Å². The lowest BCUT2D eigenvalue weighted by atomic mass is 10.2. The highest BCUT2D eigenvalue weighted by atomic mass is 79.9. The molecule has 1 aliphatic heterocycles. The summed E-state index contributed by atoms with van der Waals surface area (Å²) in [6, 6.07) is 5.65. The van der Waals surface area contributed by atoms with E-state index in [9.17, 15) is 5.11 Å². The number of para-hydroxylation sites is 1. The number of benzene rings is 1. The van der Waals surface area contributed by atoms with Crippen molar-refractivity contribution in [2.75, 3.05) is 6.61 Å². The summed E-state index contributed by atoms with van der Waals surface area (Å²) >= 11 is 3.43. The zero-order chi connectivity index (χ0) is 12.3. The fourth-order valence-electron chi connectivity index (χ4n) is 2.02. The van der Waals surface area contributed by atoms with Gasteiger partial charge in [-0.3, -0.25) is 0 Å². The normalized spacial score (nSPS) is 23.9. The van der Waals surface area contributed by atoms with Gasteiger partial charge in [-0.15, -0.1) is 0 Å². The Morgan fingerprint density at radius 3 is 2.94 bits per heavy atom. The molecule has 0 amide bonds. The van der Waals surface area contributed by atoms with Crippen molar-refractivity contribution in [2.45, 2.75) is 38.6 Å². The minimum absolute atomic E-state index is 0.0172. The van der Waals surface area contributed by atoms with Crippen molar-refractivity contribution in [2.24, 2.45) is 0 Å². The molecule has 1 N–H and O–H groups in total. The van der Waals surface area contributed by atoms with Crippen molar-refractivity contribution in [1.29, 1.82) is 0 Å².